The van der Waals surface area contributed by atoms with E-state index in [1.54, 1.807) is 12.1 Å². The molecule has 1 atom stereocenters. The van der Waals surface area contributed by atoms with Gasteiger partial charge < -0.3 is 5.11 Å². The van der Waals surface area contributed by atoms with E-state index in [-0.39, 0.29) is 22.4 Å². The molecule has 1 aliphatic heterocycles. The molecule has 0 aliphatic carbocycles. The van der Waals surface area contributed by atoms with Gasteiger partial charge in [0.1, 0.15) is 0 Å². The minimum Gasteiger partial charge on any atom is -0.481 e. The number of carboxylic acid groups (broad SMARTS) is 1. The fraction of sp³-hybridized carbons (Fsp3) is 0.118. The Morgan fingerprint density at radius 1 is 1.04 bits per heavy atom. The Balaban J connectivity index is 2.13. The van der Waals surface area contributed by atoms with Gasteiger partial charge in [-0.3, -0.25) is 29.4 Å². The monoisotopic (exact) mass is 340 g/mol. The predicted molar refractivity (Wildman–Crippen MR) is 85.0 cm³/mol. The third-order valence-electron chi connectivity index (χ3n) is 4.00. The molecule has 25 heavy (non-hydrogen) atoms. The second kappa shape index (κ2) is 6.16. The van der Waals surface area contributed by atoms with Crippen LogP contribution in [0.2, 0.25) is 0 Å². The molecule has 0 radical (unpaired) electrons. The molecular formula is C17H12N2O6. The van der Waals surface area contributed by atoms with Crippen LogP contribution in [0.25, 0.3) is 0 Å². The molecule has 126 valence electrons. The van der Waals surface area contributed by atoms with Crippen molar-refractivity contribution in [1.29, 1.82) is 0 Å². The Morgan fingerprint density at radius 2 is 1.56 bits per heavy atom. The van der Waals surface area contributed by atoms with Crippen molar-refractivity contribution in [3.8, 4) is 0 Å². The number of nitro groups is 1. The SMILES string of the molecule is O=C(O)CC(c1ccccc1[N+](=O)[O-])N1C(=O)c2ccccc2C1=O. The van der Waals surface area contributed by atoms with Crippen molar-refractivity contribution >= 4 is 23.5 Å². The van der Waals surface area contributed by atoms with Gasteiger partial charge in [0.25, 0.3) is 17.5 Å². The van der Waals surface area contributed by atoms with Gasteiger partial charge in [-0.25, -0.2) is 0 Å². The van der Waals surface area contributed by atoms with Crippen LogP contribution < -0.4 is 0 Å². The Bertz CT molecular complexity index is 873. The Labute approximate surface area is 141 Å². The zero-order valence-electron chi connectivity index (χ0n) is 12.8. The number of nitrogens with zero attached hydrogens (tertiary/aromatic N) is 2. The fourth-order valence-corrected chi connectivity index (χ4v) is 2.93. The molecule has 2 aromatic carbocycles. The second-order valence-corrected chi connectivity index (χ2v) is 5.46. The van der Waals surface area contributed by atoms with Crippen molar-refractivity contribution in [2.24, 2.45) is 0 Å². The number of hydrogen-bond acceptors (Lipinski definition) is 5. The van der Waals surface area contributed by atoms with Crippen LogP contribution in [0.4, 0.5) is 5.69 Å². The minimum absolute atomic E-state index is 0.00408. The summed E-state index contributed by atoms with van der Waals surface area (Å²) in [5.41, 5.74) is -0.0299. The van der Waals surface area contributed by atoms with E-state index >= 15 is 0 Å². The van der Waals surface area contributed by atoms with Crippen LogP contribution in [0.3, 0.4) is 0 Å². The highest BCUT2D eigenvalue weighted by molar-refractivity contribution is 6.21. The van der Waals surface area contributed by atoms with E-state index in [1.807, 2.05) is 0 Å². The Morgan fingerprint density at radius 3 is 2.08 bits per heavy atom. The number of imide groups is 1. The average molecular weight is 340 g/mol. The van der Waals surface area contributed by atoms with Crippen molar-refractivity contribution in [3.63, 3.8) is 0 Å². The van der Waals surface area contributed by atoms with E-state index in [9.17, 15) is 29.6 Å². The van der Waals surface area contributed by atoms with E-state index < -0.39 is 35.2 Å². The molecule has 0 spiro atoms. The first-order chi connectivity index (χ1) is 11.9. The number of nitro benzene ring substituents is 1. The van der Waals surface area contributed by atoms with Crippen LogP contribution >= 0.6 is 0 Å². The molecule has 8 nitrogen and oxygen atoms in total. The molecule has 0 saturated heterocycles. The quantitative estimate of drug-likeness (QED) is 0.507. The summed E-state index contributed by atoms with van der Waals surface area (Å²) < 4.78 is 0. The molecule has 0 aromatic heterocycles. The van der Waals surface area contributed by atoms with Crippen LogP contribution in [0.5, 0.6) is 0 Å². The number of carbonyl (C=O) groups excluding carboxylic acids is 2. The number of hydrogen-bond donors (Lipinski definition) is 1. The summed E-state index contributed by atoms with van der Waals surface area (Å²) in [6, 6.07) is 10.3. The Hall–Kier alpha value is -3.55. The molecule has 0 bridgehead atoms. The van der Waals surface area contributed by atoms with Gasteiger partial charge in [-0.2, -0.15) is 0 Å². The van der Waals surface area contributed by atoms with Crippen LogP contribution in [0.1, 0.15) is 38.7 Å². The maximum atomic E-state index is 12.6. The molecule has 3 rings (SSSR count). The number of amides is 2. The zero-order valence-corrected chi connectivity index (χ0v) is 12.8. The number of benzene rings is 2. The van der Waals surface area contributed by atoms with Crippen molar-refractivity contribution < 1.29 is 24.4 Å². The molecule has 2 aromatic rings. The lowest BCUT2D eigenvalue weighted by atomic mass is 10.00. The van der Waals surface area contributed by atoms with E-state index in [0.717, 1.165) is 4.90 Å². The van der Waals surface area contributed by atoms with Crippen molar-refractivity contribution in [2.75, 3.05) is 0 Å². The lowest BCUT2D eigenvalue weighted by Crippen LogP contribution is -2.35. The normalized spacial score (nSPS) is 14.3. The molecule has 1 heterocycles. The summed E-state index contributed by atoms with van der Waals surface area (Å²) in [5.74, 6) is -2.60. The van der Waals surface area contributed by atoms with Gasteiger partial charge in [0, 0.05) is 6.07 Å². The van der Waals surface area contributed by atoms with Gasteiger partial charge in [0.2, 0.25) is 0 Å². The fourth-order valence-electron chi connectivity index (χ4n) is 2.93. The van der Waals surface area contributed by atoms with Crippen molar-refractivity contribution in [2.45, 2.75) is 12.5 Å². The standard InChI is InChI=1S/C17H12N2O6/c20-15(21)9-14(12-7-3-4-8-13(12)19(24)25)18-16(22)10-5-1-2-6-11(10)17(18)23/h1-8,14H,9H2,(H,20,21). The van der Waals surface area contributed by atoms with E-state index in [2.05, 4.69) is 0 Å². The maximum Gasteiger partial charge on any atom is 0.305 e. The maximum absolute atomic E-state index is 12.6. The van der Waals surface area contributed by atoms with Crippen molar-refractivity contribution in [1.82, 2.24) is 4.90 Å². The highest BCUT2D eigenvalue weighted by Gasteiger charge is 2.42. The summed E-state index contributed by atoms with van der Waals surface area (Å²) in [5, 5.41) is 20.5. The third kappa shape index (κ3) is 2.74. The van der Waals surface area contributed by atoms with Gasteiger partial charge in [-0.15, -0.1) is 0 Å². The number of aliphatic carboxylic acids is 1. The lowest BCUT2D eigenvalue weighted by Gasteiger charge is -2.25. The van der Waals surface area contributed by atoms with Gasteiger partial charge in [-0.05, 0) is 12.1 Å². The largest absolute Gasteiger partial charge is 0.481 e. The van der Waals surface area contributed by atoms with Crippen LogP contribution in [-0.2, 0) is 4.79 Å². The van der Waals surface area contributed by atoms with Crippen LogP contribution in [0.15, 0.2) is 48.5 Å². The van der Waals surface area contributed by atoms with Gasteiger partial charge in [-0.1, -0.05) is 30.3 Å². The topological polar surface area (TPSA) is 118 Å². The molecule has 1 aliphatic rings. The van der Waals surface area contributed by atoms with Gasteiger partial charge in [0.15, 0.2) is 0 Å². The molecule has 1 N–H and O–H groups in total. The van der Waals surface area contributed by atoms with Crippen molar-refractivity contribution in [3.05, 3.63) is 75.3 Å². The first-order valence-corrected chi connectivity index (χ1v) is 7.34. The van der Waals surface area contributed by atoms with E-state index in [0.29, 0.717) is 0 Å². The third-order valence-corrected chi connectivity index (χ3v) is 4.00. The summed E-state index contributed by atoms with van der Waals surface area (Å²) in [6.45, 7) is 0. The molecule has 0 saturated carbocycles. The molecule has 0 fully saturated rings. The minimum atomic E-state index is -1.28. The number of carbonyl (C=O) groups is 3. The molecule has 8 heteroatoms. The van der Waals surface area contributed by atoms with Gasteiger partial charge >= 0.3 is 5.97 Å². The predicted octanol–water partition coefficient (Wildman–Crippen LogP) is 2.41. The zero-order chi connectivity index (χ0) is 18.1. The van der Waals surface area contributed by atoms with E-state index in [1.165, 1.54) is 36.4 Å². The number of carboxylic acids is 1. The lowest BCUT2D eigenvalue weighted by molar-refractivity contribution is -0.385. The van der Waals surface area contributed by atoms with Gasteiger partial charge in [0.05, 0.1) is 34.1 Å². The van der Waals surface area contributed by atoms with Crippen LogP contribution in [0, 0.1) is 10.1 Å². The first-order valence-electron chi connectivity index (χ1n) is 7.34. The summed E-state index contributed by atoms with van der Waals surface area (Å²) in [7, 11) is 0. The van der Waals surface area contributed by atoms with E-state index in [4.69, 9.17) is 0 Å². The number of rotatable bonds is 5. The summed E-state index contributed by atoms with van der Waals surface area (Å²) in [4.78, 5) is 47.9. The highest BCUT2D eigenvalue weighted by Crippen LogP contribution is 2.37. The molecule has 1 unspecified atom stereocenters. The Kier molecular flexibility index (Phi) is 4.02. The number of fused-ring (bicyclic) bond motifs is 1. The first kappa shape index (κ1) is 16.3. The summed E-state index contributed by atoms with van der Waals surface area (Å²) in [6.07, 6.45) is -0.629. The summed E-state index contributed by atoms with van der Waals surface area (Å²) >= 11 is 0. The average Bonchev–Trinajstić information content (AvgIpc) is 2.84. The molecule has 2 amide bonds. The van der Waals surface area contributed by atoms with Crippen LogP contribution in [-0.4, -0.2) is 32.7 Å². The number of para-hydroxylation sites is 1. The highest BCUT2D eigenvalue weighted by atomic mass is 16.6. The smallest absolute Gasteiger partial charge is 0.305 e. The second-order valence-electron chi connectivity index (χ2n) is 5.46. The molecular weight excluding hydrogens is 328 g/mol.